The van der Waals surface area contributed by atoms with Crippen molar-refractivity contribution in [1.29, 1.82) is 0 Å². The third-order valence-corrected chi connectivity index (χ3v) is 10.4. The van der Waals surface area contributed by atoms with Crippen molar-refractivity contribution < 1.29 is 19.2 Å². The fourth-order valence-electron chi connectivity index (χ4n) is 6.61. The lowest BCUT2D eigenvalue weighted by Crippen LogP contribution is -2.45. The molecule has 2 heterocycles. The van der Waals surface area contributed by atoms with Crippen molar-refractivity contribution in [3.63, 3.8) is 0 Å². The normalized spacial score (nSPS) is 11.3. The number of anilines is 2. The van der Waals surface area contributed by atoms with E-state index in [1.165, 1.54) is 10.8 Å². The Morgan fingerprint density at radius 3 is 1.81 bits per heavy atom. The fourth-order valence-corrected chi connectivity index (χ4v) is 7.05. The Balaban J connectivity index is 0.000000175. The highest BCUT2D eigenvalue weighted by Crippen LogP contribution is 2.23. The van der Waals surface area contributed by atoms with Gasteiger partial charge >= 0.3 is 0 Å². The summed E-state index contributed by atoms with van der Waals surface area (Å²) in [7, 11) is 1.93. The topological polar surface area (TPSA) is 142 Å². The van der Waals surface area contributed by atoms with E-state index in [4.69, 9.17) is 23.2 Å². The molecule has 316 valence electrons. The summed E-state index contributed by atoms with van der Waals surface area (Å²) in [6, 6.07) is 48.6. The average Bonchev–Trinajstić information content (AvgIpc) is 3.32. The summed E-state index contributed by atoms with van der Waals surface area (Å²) >= 11 is 12.1. The van der Waals surface area contributed by atoms with Gasteiger partial charge in [0.25, 0.3) is 11.8 Å². The van der Waals surface area contributed by atoms with Crippen molar-refractivity contribution in [2.75, 3.05) is 17.7 Å². The first-order valence-electron chi connectivity index (χ1n) is 20.0. The van der Waals surface area contributed by atoms with Crippen LogP contribution in [0.5, 0.6) is 0 Å². The molecule has 8 aromatic rings. The van der Waals surface area contributed by atoms with E-state index in [9.17, 15) is 19.2 Å². The monoisotopic (exact) mass is 874 g/mol. The van der Waals surface area contributed by atoms with Gasteiger partial charge in [0.15, 0.2) is 0 Å². The number of benzene rings is 6. The Hall–Kier alpha value is -7.40. The van der Waals surface area contributed by atoms with Crippen molar-refractivity contribution in [3.8, 4) is 0 Å². The van der Waals surface area contributed by atoms with Crippen LogP contribution in [0.2, 0.25) is 10.0 Å². The number of nitrogens with one attached hydrogen (secondary N) is 4. The third-order valence-electron chi connectivity index (χ3n) is 9.77. The van der Waals surface area contributed by atoms with Crippen LogP contribution < -0.4 is 21.3 Å². The summed E-state index contributed by atoms with van der Waals surface area (Å²) in [6.07, 6.45) is 6.92. The van der Waals surface area contributed by atoms with Crippen LogP contribution in [-0.2, 0) is 22.4 Å². The first-order chi connectivity index (χ1) is 30.7. The van der Waals surface area contributed by atoms with E-state index >= 15 is 0 Å². The summed E-state index contributed by atoms with van der Waals surface area (Å²) in [5.41, 5.74) is 5.18. The Kier molecular flexibility index (Phi) is 16.5. The van der Waals surface area contributed by atoms with Gasteiger partial charge in [0.2, 0.25) is 5.91 Å². The summed E-state index contributed by atoms with van der Waals surface area (Å²) in [5.74, 6) is -1.06. The van der Waals surface area contributed by atoms with Gasteiger partial charge in [-0.3, -0.25) is 24.4 Å². The average molecular weight is 876 g/mol. The van der Waals surface area contributed by atoms with E-state index in [0.29, 0.717) is 39.7 Å². The van der Waals surface area contributed by atoms with Gasteiger partial charge in [-0.15, -0.1) is 0 Å². The van der Waals surface area contributed by atoms with E-state index in [-0.39, 0.29) is 11.8 Å². The molecule has 63 heavy (non-hydrogen) atoms. The molecule has 6 aromatic carbocycles. The summed E-state index contributed by atoms with van der Waals surface area (Å²) in [5, 5.41) is 15.5. The van der Waals surface area contributed by atoms with E-state index in [1.807, 2.05) is 123 Å². The van der Waals surface area contributed by atoms with E-state index in [1.54, 1.807) is 54.7 Å². The highest BCUT2D eigenvalue weighted by atomic mass is 35.5. The predicted molar refractivity (Wildman–Crippen MR) is 253 cm³/mol. The Labute approximate surface area is 375 Å². The smallest absolute Gasteiger partial charge is 0.253 e. The van der Waals surface area contributed by atoms with Gasteiger partial charge < -0.3 is 26.1 Å². The maximum Gasteiger partial charge on any atom is 0.253 e. The Bertz CT molecular complexity index is 2780. The molecule has 8 rings (SSSR count). The van der Waals surface area contributed by atoms with E-state index in [0.717, 1.165) is 34.0 Å². The van der Waals surface area contributed by atoms with Crippen LogP contribution in [0.4, 0.5) is 11.4 Å². The SMILES string of the molecule is CNc1cccc2cnccc12.O=C(NC(Cc1ccccc1)C(=O)Nc1cccc2ncccc12)c1ccccc1Cl.O=CC(Cc1ccccc1)NC(=O)c1ccccc1Cl. The zero-order valence-electron chi connectivity index (χ0n) is 34.3. The molecule has 2 aromatic heterocycles. The molecule has 0 aliphatic rings. The van der Waals surface area contributed by atoms with Crippen molar-refractivity contribution in [2.45, 2.75) is 24.9 Å². The van der Waals surface area contributed by atoms with Crippen LogP contribution >= 0.6 is 23.2 Å². The third kappa shape index (κ3) is 12.8. The maximum absolute atomic E-state index is 13.2. The molecule has 0 fully saturated rings. The molecule has 0 saturated heterocycles. The van der Waals surface area contributed by atoms with Gasteiger partial charge in [0, 0.05) is 53.9 Å². The largest absolute Gasteiger partial charge is 0.388 e. The summed E-state index contributed by atoms with van der Waals surface area (Å²) in [4.78, 5) is 57.7. The molecule has 0 spiro atoms. The molecule has 2 atom stereocenters. The molecule has 2 unspecified atom stereocenters. The number of carbonyl (C=O) groups excluding carboxylic acids is 4. The van der Waals surface area contributed by atoms with Gasteiger partial charge in [0.1, 0.15) is 12.3 Å². The maximum atomic E-state index is 13.2. The van der Waals surface area contributed by atoms with Crippen LogP contribution in [0.15, 0.2) is 182 Å². The first kappa shape index (κ1) is 45.1. The number of carbonyl (C=O) groups is 4. The van der Waals surface area contributed by atoms with Gasteiger partial charge in [-0.25, -0.2) is 0 Å². The van der Waals surface area contributed by atoms with Crippen molar-refractivity contribution in [1.82, 2.24) is 20.6 Å². The number of amides is 3. The molecule has 12 heteroatoms. The van der Waals surface area contributed by atoms with Gasteiger partial charge in [-0.1, -0.05) is 126 Å². The molecule has 4 N–H and O–H groups in total. The van der Waals surface area contributed by atoms with Crippen LogP contribution in [0, 0.1) is 0 Å². The molecule has 0 radical (unpaired) electrons. The van der Waals surface area contributed by atoms with Crippen molar-refractivity contribution >= 4 is 80.3 Å². The summed E-state index contributed by atoms with van der Waals surface area (Å²) in [6.45, 7) is 0. The molecule has 0 aliphatic carbocycles. The standard InChI is InChI=1S/C25H20ClN3O2.C16H14ClNO2.C10H10N2/c26-20-12-5-4-10-18(20)24(30)29-23(16-17-8-2-1-3-9-17)25(31)28-22-14-6-13-21-19(22)11-7-15-27-21;17-15-9-5-4-8-14(15)16(20)18-13(11-19)10-12-6-2-1-3-7-12;1-11-10-4-2-3-8-7-12-6-5-9(8)10/h1-15,23H,16H2,(H,28,31)(H,29,30);1-9,11,13H,10H2,(H,18,20);2-7,11H,1H3. The number of hydrogen-bond acceptors (Lipinski definition) is 7. The molecule has 0 saturated carbocycles. The van der Waals surface area contributed by atoms with Crippen LogP contribution in [-0.4, -0.2) is 53.1 Å². The zero-order valence-corrected chi connectivity index (χ0v) is 35.8. The zero-order chi connectivity index (χ0) is 44.4. The predicted octanol–water partition coefficient (Wildman–Crippen LogP) is 10.0. The number of aldehydes is 1. The van der Waals surface area contributed by atoms with E-state index in [2.05, 4.69) is 43.4 Å². The lowest BCUT2D eigenvalue weighted by molar-refractivity contribution is -0.118. The minimum absolute atomic E-state index is 0.319. The molecule has 10 nitrogen and oxygen atoms in total. The highest BCUT2D eigenvalue weighted by Gasteiger charge is 2.24. The molecular weight excluding hydrogens is 832 g/mol. The van der Waals surface area contributed by atoms with Crippen LogP contribution in [0.1, 0.15) is 31.8 Å². The second-order valence-corrected chi connectivity index (χ2v) is 14.9. The number of hydrogen-bond donors (Lipinski definition) is 4. The Morgan fingerprint density at radius 1 is 0.587 bits per heavy atom. The van der Waals surface area contributed by atoms with Crippen molar-refractivity contribution in [3.05, 3.63) is 215 Å². The van der Waals surface area contributed by atoms with Gasteiger partial charge in [0.05, 0.1) is 38.4 Å². The number of fused-ring (bicyclic) bond motifs is 2. The highest BCUT2D eigenvalue weighted by molar-refractivity contribution is 6.34. The summed E-state index contributed by atoms with van der Waals surface area (Å²) < 4.78 is 0. The molecule has 3 amide bonds. The minimum atomic E-state index is -0.793. The first-order valence-corrected chi connectivity index (χ1v) is 20.8. The quantitative estimate of drug-likeness (QED) is 0.0896. The van der Waals surface area contributed by atoms with Gasteiger partial charge in [-0.05, 0) is 78.2 Å². The number of halogens is 2. The second-order valence-electron chi connectivity index (χ2n) is 14.1. The van der Waals surface area contributed by atoms with Crippen LogP contribution in [0.25, 0.3) is 21.7 Å². The molecule has 0 aliphatic heterocycles. The van der Waals surface area contributed by atoms with E-state index < -0.39 is 18.0 Å². The number of pyridine rings is 2. The lowest BCUT2D eigenvalue weighted by Gasteiger charge is -2.20. The van der Waals surface area contributed by atoms with Crippen LogP contribution in [0.3, 0.4) is 0 Å². The molecular formula is C51H44Cl2N6O4. The fraction of sp³-hybridized carbons (Fsp3) is 0.0980. The van der Waals surface area contributed by atoms with Gasteiger partial charge in [-0.2, -0.15) is 0 Å². The van der Waals surface area contributed by atoms with Crippen molar-refractivity contribution in [2.24, 2.45) is 0 Å². The number of aromatic nitrogens is 2. The number of rotatable bonds is 12. The minimum Gasteiger partial charge on any atom is -0.388 e. The molecule has 0 bridgehead atoms. The Morgan fingerprint density at radius 2 is 1.17 bits per heavy atom. The lowest BCUT2D eigenvalue weighted by atomic mass is 10.0. The number of nitrogens with zero attached hydrogens (tertiary/aromatic N) is 2. The second kappa shape index (κ2) is 23.0.